The van der Waals surface area contributed by atoms with E-state index in [9.17, 15) is 9.60 Å². The lowest BCUT2D eigenvalue weighted by Gasteiger charge is -2.06. The second kappa shape index (κ2) is 5.51. The Morgan fingerprint density at radius 2 is 2.19 bits per heavy atom. The number of H-pyrrole nitrogens is 1. The fraction of sp³-hybridized carbons (Fsp3) is 0. The summed E-state index contributed by atoms with van der Waals surface area (Å²) in [7, 11) is 0. The number of aromatic nitrogens is 2. The van der Waals surface area contributed by atoms with Gasteiger partial charge >= 0.3 is 0 Å². The highest BCUT2D eigenvalue weighted by atomic mass is 35.5. The van der Waals surface area contributed by atoms with E-state index in [-0.39, 0.29) is 10.9 Å². The van der Waals surface area contributed by atoms with Crippen molar-refractivity contribution in [2.75, 3.05) is 0 Å². The first-order valence-electron chi connectivity index (χ1n) is 6.05. The van der Waals surface area contributed by atoms with E-state index in [0.29, 0.717) is 11.4 Å². The molecule has 0 unspecified atom stereocenters. The van der Waals surface area contributed by atoms with Crippen LogP contribution < -0.4 is 5.48 Å². The van der Waals surface area contributed by atoms with Crippen LogP contribution in [0.25, 0.3) is 10.9 Å². The molecular formula is C14H10ClFN4O. The first kappa shape index (κ1) is 13.5. The average molecular weight is 305 g/mol. The molecule has 0 aliphatic rings. The molecule has 5 nitrogen and oxygen atoms in total. The van der Waals surface area contributed by atoms with Gasteiger partial charge in [0.1, 0.15) is 11.5 Å². The molecule has 0 radical (unpaired) electrons. The van der Waals surface area contributed by atoms with Crippen molar-refractivity contribution >= 4 is 34.0 Å². The average Bonchev–Trinajstić information content (AvgIpc) is 2.97. The van der Waals surface area contributed by atoms with E-state index in [1.807, 2.05) is 17.6 Å². The van der Waals surface area contributed by atoms with Crippen molar-refractivity contribution in [3.05, 3.63) is 59.3 Å². The number of amidine groups is 1. The van der Waals surface area contributed by atoms with Gasteiger partial charge in [0.2, 0.25) is 0 Å². The SMILES string of the molecule is ONC(=Nc1ccc(F)c(Cl)c1)c1nccc2cc[nH]c12. The number of fused-ring (bicyclic) bond motifs is 1. The number of halogens is 2. The number of nitrogens with zero attached hydrogens (tertiary/aromatic N) is 2. The number of rotatable bonds is 2. The molecule has 2 aromatic heterocycles. The monoisotopic (exact) mass is 304 g/mol. The summed E-state index contributed by atoms with van der Waals surface area (Å²) in [6.45, 7) is 0. The molecule has 0 atom stereocenters. The molecule has 7 heteroatoms. The zero-order valence-corrected chi connectivity index (χ0v) is 11.4. The van der Waals surface area contributed by atoms with Gasteiger partial charge in [0.15, 0.2) is 5.84 Å². The number of hydrogen-bond donors (Lipinski definition) is 3. The van der Waals surface area contributed by atoms with Gasteiger partial charge in [-0.1, -0.05) is 11.6 Å². The molecule has 3 rings (SSSR count). The van der Waals surface area contributed by atoms with Crippen molar-refractivity contribution < 1.29 is 9.60 Å². The number of aromatic amines is 1. The molecule has 0 aliphatic carbocycles. The third-order valence-corrected chi connectivity index (χ3v) is 3.24. The number of benzene rings is 1. The molecular weight excluding hydrogens is 295 g/mol. The predicted octanol–water partition coefficient (Wildman–Crippen LogP) is 3.41. The minimum Gasteiger partial charge on any atom is -0.359 e. The smallest absolute Gasteiger partial charge is 0.178 e. The summed E-state index contributed by atoms with van der Waals surface area (Å²) in [4.78, 5) is 11.4. The van der Waals surface area contributed by atoms with Crippen LogP contribution in [0.5, 0.6) is 0 Å². The van der Waals surface area contributed by atoms with Crippen LogP contribution in [0.1, 0.15) is 5.69 Å². The fourth-order valence-electron chi connectivity index (χ4n) is 1.98. The van der Waals surface area contributed by atoms with Gasteiger partial charge in [0, 0.05) is 17.8 Å². The number of aliphatic imine (C=N–C) groups is 1. The molecule has 0 amide bonds. The van der Waals surface area contributed by atoms with Gasteiger partial charge in [-0.3, -0.25) is 15.7 Å². The van der Waals surface area contributed by atoms with Gasteiger partial charge in [-0.15, -0.1) is 0 Å². The Morgan fingerprint density at radius 3 is 2.95 bits per heavy atom. The Morgan fingerprint density at radius 1 is 1.33 bits per heavy atom. The maximum absolute atomic E-state index is 13.1. The number of hydrogen-bond acceptors (Lipinski definition) is 3. The van der Waals surface area contributed by atoms with Crippen LogP contribution in [-0.2, 0) is 0 Å². The molecule has 0 bridgehead atoms. The summed E-state index contributed by atoms with van der Waals surface area (Å²) < 4.78 is 13.1. The normalized spacial score (nSPS) is 11.9. The van der Waals surface area contributed by atoms with Gasteiger partial charge in [-0.05, 0) is 30.3 Å². The second-order valence-electron chi connectivity index (χ2n) is 4.27. The molecule has 3 N–H and O–H groups in total. The number of hydroxylamine groups is 1. The van der Waals surface area contributed by atoms with E-state index in [2.05, 4.69) is 15.0 Å². The Kier molecular flexibility index (Phi) is 3.55. The molecule has 0 saturated carbocycles. The van der Waals surface area contributed by atoms with Crippen LogP contribution in [0.2, 0.25) is 5.02 Å². The van der Waals surface area contributed by atoms with Gasteiger partial charge in [0.25, 0.3) is 0 Å². The van der Waals surface area contributed by atoms with Crippen molar-refractivity contribution in [3.8, 4) is 0 Å². The standard InChI is InChI=1S/C14H10ClFN4O/c15-10-7-9(1-2-11(10)16)19-14(20-21)13-12-8(3-5-17-12)4-6-18-13/h1-7,17,21H,(H,19,20). The molecule has 0 fully saturated rings. The van der Waals surface area contributed by atoms with E-state index >= 15 is 0 Å². The third-order valence-electron chi connectivity index (χ3n) is 2.95. The summed E-state index contributed by atoms with van der Waals surface area (Å²) in [5, 5.41) is 10.2. The molecule has 21 heavy (non-hydrogen) atoms. The summed E-state index contributed by atoms with van der Waals surface area (Å²) in [5.41, 5.74) is 3.58. The Balaban J connectivity index is 2.11. The topological polar surface area (TPSA) is 73.3 Å². The highest BCUT2D eigenvalue weighted by Gasteiger charge is 2.11. The lowest BCUT2D eigenvalue weighted by atomic mass is 10.2. The highest BCUT2D eigenvalue weighted by molar-refractivity contribution is 6.31. The maximum Gasteiger partial charge on any atom is 0.178 e. The van der Waals surface area contributed by atoms with Gasteiger partial charge in [-0.2, -0.15) is 0 Å². The first-order valence-corrected chi connectivity index (χ1v) is 6.43. The largest absolute Gasteiger partial charge is 0.359 e. The van der Waals surface area contributed by atoms with Crippen LogP contribution in [0, 0.1) is 5.82 Å². The highest BCUT2D eigenvalue weighted by Crippen LogP contribution is 2.23. The Bertz CT molecular complexity index is 831. The van der Waals surface area contributed by atoms with Crippen molar-refractivity contribution in [1.82, 2.24) is 15.4 Å². The van der Waals surface area contributed by atoms with Crippen molar-refractivity contribution in [1.29, 1.82) is 0 Å². The third kappa shape index (κ3) is 2.58. The summed E-state index contributed by atoms with van der Waals surface area (Å²) in [5.74, 6) is -0.399. The Labute approximate surface area is 124 Å². The molecule has 0 saturated heterocycles. The second-order valence-corrected chi connectivity index (χ2v) is 4.68. The van der Waals surface area contributed by atoms with Crippen LogP contribution in [0.15, 0.2) is 47.7 Å². The summed E-state index contributed by atoms with van der Waals surface area (Å²) in [6, 6.07) is 7.73. The van der Waals surface area contributed by atoms with Crippen molar-refractivity contribution in [3.63, 3.8) is 0 Å². The fourth-order valence-corrected chi connectivity index (χ4v) is 2.15. The molecule has 0 spiro atoms. The van der Waals surface area contributed by atoms with Crippen LogP contribution >= 0.6 is 11.6 Å². The summed E-state index contributed by atoms with van der Waals surface area (Å²) >= 11 is 5.72. The predicted molar refractivity (Wildman–Crippen MR) is 78.6 cm³/mol. The van der Waals surface area contributed by atoms with Gasteiger partial charge < -0.3 is 4.98 Å². The molecule has 3 aromatic rings. The van der Waals surface area contributed by atoms with E-state index in [1.165, 1.54) is 18.2 Å². The lowest BCUT2D eigenvalue weighted by Crippen LogP contribution is -2.21. The van der Waals surface area contributed by atoms with Gasteiger partial charge in [0.05, 0.1) is 16.2 Å². The zero-order chi connectivity index (χ0) is 14.8. The van der Waals surface area contributed by atoms with E-state index in [1.54, 1.807) is 12.4 Å². The minimum absolute atomic E-state index is 0.0421. The number of pyridine rings is 1. The zero-order valence-electron chi connectivity index (χ0n) is 10.6. The van der Waals surface area contributed by atoms with Crippen LogP contribution in [-0.4, -0.2) is 21.0 Å². The van der Waals surface area contributed by atoms with Crippen molar-refractivity contribution in [2.24, 2.45) is 4.99 Å². The summed E-state index contributed by atoms with van der Waals surface area (Å²) in [6.07, 6.45) is 3.37. The molecule has 2 heterocycles. The Hall–Kier alpha value is -2.44. The molecule has 106 valence electrons. The van der Waals surface area contributed by atoms with Gasteiger partial charge in [-0.25, -0.2) is 9.38 Å². The van der Waals surface area contributed by atoms with Crippen LogP contribution in [0.3, 0.4) is 0 Å². The first-order chi connectivity index (χ1) is 10.2. The maximum atomic E-state index is 13.1. The number of nitrogens with one attached hydrogen (secondary N) is 2. The molecule has 1 aromatic carbocycles. The van der Waals surface area contributed by atoms with Crippen molar-refractivity contribution in [2.45, 2.75) is 0 Å². The van der Waals surface area contributed by atoms with E-state index in [0.717, 1.165) is 10.9 Å². The quantitative estimate of drug-likeness (QED) is 0.386. The van der Waals surface area contributed by atoms with E-state index in [4.69, 9.17) is 11.6 Å². The van der Waals surface area contributed by atoms with E-state index < -0.39 is 5.82 Å². The molecule has 0 aliphatic heterocycles. The lowest BCUT2D eigenvalue weighted by molar-refractivity contribution is 0.235. The van der Waals surface area contributed by atoms with Crippen LogP contribution in [0.4, 0.5) is 10.1 Å². The minimum atomic E-state index is -0.529.